The van der Waals surface area contributed by atoms with Crippen molar-refractivity contribution in [2.45, 2.75) is 0 Å². The van der Waals surface area contributed by atoms with Crippen LogP contribution in [0.3, 0.4) is 0 Å². The van der Waals surface area contributed by atoms with Crippen molar-refractivity contribution >= 4 is 18.5 Å². The number of carboxylic acid groups (broad SMARTS) is 6. The second kappa shape index (κ2) is 16.7. The van der Waals surface area contributed by atoms with Gasteiger partial charge in [0.05, 0.1) is 0 Å². The number of hydrogen-bond donors (Lipinski definition) is 6. The van der Waals surface area contributed by atoms with Gasteiger partial charge in [0.2, 0.25) is 0 Å². The van der Waals surface area contributed by atoms with E-state index in [0.29, 0.717) is 0 Å². The van der Waals surface area contributed by atoms with E-state index in [1.54, 1.807) is 0 Å². The molecule has 0 aromatic rings. The molecule has 0 rings (SSSR count). The molecule has 0 bridgehead atoms. The second-order valence-corrected chi connectivity index (χ2v) is 0.848. The van der Waals surface area contributed by atoms with Gasteiger partial charge in [0.25, 0.3) is 0 Å². The molecule has 0 amide bonds. The summed E-state index contributed by atoms with van der Waals surface area (Å²) in [6.45, 7) is 0. The Kier molecular flexibility index (Phi) is 29.0. The van der Waals surface area contributed by atoms with Gasteiger partial charge in [-0.3, -0.25) is 0 Å². The first kappa shape index (κ1) is 22.5. The fourth-order valence-electron chi connectivity index (χ4n) is 0. The summed E-state index contributed by atoms with van der Waals surface area (Å²) in [4.78, 5) is 25.7. The van der Waals surface area contributed by atoms with Crippen LogP contribution >= 0.6 is 0 Å². The fourth-order valence-corrected chi connectivity index (χ4v) is 0. The first-order chi connectivity index (χ1) is 5.20. The van der Waals surface area contributed by atoms with Crippen LogP contribution in [0.1, 0.15) is 0 Å². The molecule has 0 saturated heterocycles. The van der Waals surface area contributed by atoms with Crippen LogP contribution in [-0.4, -0.2) is 49.1 Å². The first-order valence-electron chi connectivity index (χ1n) is 1.95. The van der Waals surface area contributed by atoms with Crippen LogP contribution in [0.2, 0.25) is 0 Å². The zero-order valence-corrected chi connectivity index (χ0v) is 6.97. The zero-order valence-electron chi connectivity index (χ0n) is 5.79. The van der Waals surface area contributed by atoms with Gasteiger partial charge in [-0.15, -0.1) is 0 Å². The summed E-state index contributed by atoms with van der Waals surface area (Å²) in [6.07, 6.45) is -5.50. The van der Waals surface area contributed by atoms with Crippen LogP contribution in [0.5, 0.6) is 0 Å². The minimum atomic E-state index is -1.83. The Hall–Kier alpha value is -1.67. The minimum Gasteiger partial charge on any atom is -0.450 e. The van der Waals surface area contributed by atoms with Crippen molar-refractivity contribution in [3.05, 3.63) is 0 Å². The van der Waals surface area contributed by atoms with E-state index in [4.69, 9.17) is 45.0 Å². The standard InChI is InChI=1S/3CH2O3.Mn/c3*2-1(3)4;/h3*(H2,2,3,4);. The molecule has 0 atom stereocenters. The summed E-state index contributed by atoms with van der Waals surface area (Å²) in [5.74, 6) is 0. The first-order valence-corrected chi connectivity index (χ1v) is 1.95. The molecule has 1 radical (unpaired) electrons. The van der Waals surface area contributed by atoms with E-state index in [-0.39, 0.29) is 17.1 Å². The quantitative estimate of drug-likeness (QED) is 0.333. The molecule has 0 saturated carbocycles. The maximum atomic E-state index is 8.56. The molecule has 0 aliphatic carbocycles. The molecule has 0 fully saturated rings. The van der Waals surface area contributed by atoms with Gasteiger partial charge in [0.15, 0.2) is 0 Å². The third kappa shape index (κ3) is 257. The predicted molar refractivity (Wildman–Crippen MR) is 32.0 cm³/mol. The summed E-state index contributed by atoms with van der Waals surface area (Å²) < 4.78 is 0. The molecule has 0 aromatic carbocycles. The molecule has 6 N–H and O–H groups in total. The van der Waals surface area contributed by atoms with E-state index in [1.165, 1.54) is 0 Å². The Bertz CT molecular complexity index is 112. The molecule has 0 unspecified atom stereocenters. The van der Waals surface area contributed by atoms with Gasteiger partial charge in [-0.2, -0.15) is 0 Å². The van der Waals surface area contributed by atoms with Crippen molar-refractivity contribution in [1.29, 1.82) is 0 Å². The van der Waals surface area contributed by atoms with Crippen molar-refractivity contribution < 1.29 is 62.1 Å². The summed E-state index contributed by atoms with van der Waals surface area (Å²) in [7, 11) is 0. The Morgan fingerprint density at radius 2 is 0.538 bits per heavy atom. The van der Waals surface area contributed by atoms with Crippen LogP contribution in [0.25, 0.3) is 0 Å². The average Bonchev–Trinajstić information content (AvgIpc) is 1.54. The SMILES string of the molecule is O=C(O)O.O=C(O)O.O=C(O)O.[Mn]. The summed E-state index contributed by atoms with van der Waals surface area (Å²) in [5, 5.41) is 41.8. The molecule has 79 valence electrons. The largest absolute Gasteiger partial charge is 0.503 e. The van der Waals surface area contributed by atoms with Crippen molar-refractivity contribution in [1.82, 2.24) is 0 Å². The Balaban J connectivity index is -0.0000000450. The van der Waals surface area contributed by atoms with Gasteiger partial charge < -0.3 is 30.6 Å². The predicted octanol–water partition coefficient (Wildman–Crippen LogP) is 0.665. The third-order valence-corrected chi connectivity index (χ3v) is 0. The van der Waals surface area contributed by atoms with E-state index in [2.05, 4.69) is 0 Å². The maximum Gasteiger partial charge on any atom is 0.503 e. The van der Waals surface area contributed by atoms with Gasteiger partial charge in [-0.1, -0.05) is 0 Å². The number of rotatable bonds is 0. The van der Waals surface area contributed by atoms with Gasteiger partial charge >= 0.3 is 18.5 Å². The normalized spacial score (nSPS) is 5.54. The Labute approximate surface area is 81.3 Å². The molecule has 0 aliphatic heterocycles. The number of carbonyl (C=O) groups is 3. The fraction of sp³-hybridized carbons (Fsp3) is 0. The van der Waals surface area contributed by atoms with E-state index in [9.17, 15) is 0 Å². The van der Waals surface area contributed by atoms with Crippen LogP contribution in [0.4, 0.5) is 14.4 Å². The third-order valence-electron chi connectivity index (χ3n) is 0. The molecule has 10 heteroatoms. The molecule has 0 spiro atoms. The summed E-state index contributed by atoms with van der Waals surface area (Å²) >= 11 is 0. The molecule has 0 aromatic heterocycles. The number of hydrogen-bond acceptors (Lipinski definition) is 3. The Morgan fingerprint density at radius 3 is 0.538 bits per heavy atom. The zero-order chi connectivity index (χ0) is 10.7. The average molecular weight is 241 g/mol. The van der Waals surface area contributed by atoms with Crippen molar-refractivity contribution in [3.63, 3.8) is 0 Å². The van der Waals surface area contributed by atoms with E-state index in [1.807, 2.05) is 0 Å². The minimum absolute atomic E-state index is 0. The van der Waals surface area contributed by atoms with E-state index in [0.717, 1.165) is 0 Å². The van der Waals surface area contributed by atoms with Crippen molar-refractivity contribution in [2.24, 2.45) is 0 Å². The topological polar surface area (TPSA) is 173 Å². The second-order valence-electron chi connectivity index (χ2n) is 0.848. The van der Waals surface area contributed by atoms with Gasteiger partial charge in [-0.05, 0) is 0 Å². The van der Waals surface area contributed by atoms with E-state index < -0.39 is 18.5 Å². The molecule has 0 aliphatic rings. The molecule has 9 nitrogen and oxygen atoms in total. The maximum absolute atomic E-state index is 8.56. The van der Waals surface area contributed by atoms with Gasteiger partial charge in [0.1, 0.15) is 0 Å². The molecular weight excluding hydrogens is 235 g/mol. The van der Waals surface area contributed by atoms with Gasteiger partial charge in [-0.25, -0.2) is 14.4 Å². The van der Waals surface area contributed by atoms with Crippen molar-refractivity contribution in [3.8, 4) is 0 Å². The summed E-state index contributed by atoms with van der Waals surface area (Å²) in [6, 6.07) is 0. The molecular formula is C3H6MnO9. The Morgan fingerprint density at radius 1 is 0.538 bits per heavy atom. The van der Waals surface area contributed by atoms with Crippen LogP contribution in [0.15, 0.2) is 0 Å². The monoisotopic (exact) mass is 241 g/mol. The summed E-state index contributed by atoms with van der Waals surface area (Å²) in [5.41, 5.74) is 0. The van der Waals surface area contributed by atoms with Crippen LogP contribution in [-0.2, 0) is 17.1 Å². The molecule has 13 heavy (non-hydrogen) atoms. The van der Waals surface area contributed by atoms with Crippen LogP contribution in [0, 0.1) is 0 Å². The van der Waals surface area contributed by atoms with Crippen molar-refractivity contribution in [2.75, 3.05) is 0 Å². The van der Waals surface area contributed by atoms with Gasteiger partial charge in [0, 0.05) is 17.1 Å². The van der Waals surface area contributed by atoms with E-state index >= 15 is 0 Å². The molecule has 0 heterocycles. The smallest absolute Gasteiger partial charge is 0.450 e. The van der Waals surface area contributed by atoms with Crippen LogP contribution < -0.4 is 0 Å².